The number of carbonyl (C=O) groups is 2. The van der Waals surface area contributed by atoms with E-state index in [2.05, 4.69) is 4.74 Å². The maximum atomic E-state index is 13.7. The molecule has 1 aliphatic heterocycles. The van der Waals surface area contributed by atoms with Crippen LogP contribution in [0.2, 0.25) is 0 Å². The second kappa shape index (κ2) is 6.76. The number of ketones is 1. The van der Waals surface area contributed by atoms with Gasteiger partial charge in [-0.1, -0.05) is 18.2 Å². The van der Waals surface area contributed by atoms with Crippen LogP contribution in [0, 0.1) is 5.82 Å². The first kappa shape index (κ1) is 16.7. The topological polar surface area (TPSA) is 61.8 Å². The molecule has 1 heterocycles. The number of hydrogen-bond acceptors (Lipinski definition) is 5. The summed E-state index contributed by atoms with van der Waals surface area (Å²) in [6.07, 6.45) is 0.559. The lowest BCUT2D eigenvalue weighted by Crippen LogP contribution is -2.24. The van der Waals surface area contributed by atoms with E-state index in [9.17, 15) is 14.0 Å². The van der Waals surface area contributed by atoms with E-state index in [4.69, 9.17) is 9.47 Å². The van der Waals surface area contributed by atoms with Gasteiger partial charge in [-0.2, -0.15) is 0 Å². The van der Waals surface area contributed by atoms with E-state index in [1.807, 2.05) is 0 Å². The first-order chi connectivity index (χ1) is 12.0. The third-order valence-corrected chi connectivity index (χ3v) is 3.68. The number of benzene rings is 2. The van der Waals surface area contributed by atoms with E-state index in [0.29, 0.717) is 17.1 Å². The number of ether oxygens (including phenoxy) is 3. The molecular weight excluding hydrogens is 327 g/mol. The normalized spacial score (nSPS) is 15.5. The molecule has 1 aliphatic rings. The van der Waals surface area contributed by atoms with Crippen molar-refractivity contribution in [2.24, 2.45) is 0 Å². The zero-order valence-electron chi connectivity index (χ0n) is 13.6. The van der Waals surface area contributed by atoms with Crippen molar-refractivity contribution in [1.82, 2.24) is 0 Å². The molecule has 0 saturated heterocycles. The highest BCUT2D eigenvalue weighted by atomic mass is 19.1. The van der Waals surface area contributed by atoms with Gasteiger partial charge in [0.05, 0.1) is 12.7 Å². The molecule has 0 aromatic heterocycles. The Morgan fingerprint density at radius 2 is 2.00 bits per heavy atom. The average Bonchev–Trinajstić information content (AvgIpc) is 2.91. The molecule has 0 fully saturated rings. The molecule has 0 amide bonds. The van der Waals surface area contributed by atoms with Crippen LogP contribution in [0.1, 0.15) is 22.8 Å². The minimum Gasteiger partial charge on any atom is -0.479 e. The van der Waals surface area contributed by atoms with Gasteiger partial charge in [0.2, 0.25) is 5.78 Å². The monoisotopic (exact) mass is 342 g/mol. The molecule has 0 radical (unpaired) electrons. The van der Waals surface area contributed by atoms with Crippen LogP contribution >= 0.6 is 0 Å². The van der Waals surface area contributed by atoms with Gasteiger partial charge in [0.15, 0.2) is 11.9 Å². The van der Waals surface area contributed by atoms with Gasteiger partial charge in [0, 0.05) is 11.6 Å². The highest BCUT2D eigenvalue weighted by Crippen LogP contribution is 2.35. The quantitative estimate of drug-likeness (QED) is 0.630. The molecule has 128 valence electrons. The summed E-state index contributed by atoms with van der Waals surface area (Å²) in [5, 5.41) is 0. The van der Waals surface area contributed by atoms with E-state index >= 15 is 0 Å². The maximum absolute atomic E-state index is 13.7. The molecule has 0 N–H and O–H groups in total. The number of Topliss-reactive ketones (excluding diaryl/α,β-unsaturated/α-hetero) is 1. The Balaban J connectivity index is 1.84. The lowest BCUT2D eigenvalue weighted by atomic mass is 10.1. The maximum Gasteiger partial charge on any atom is 0.346 e. The third kappa shape index (κ3) is 3.38. The summed E-state index contributed by atoms with van der Waals surface area (Å²) >= 11 is 0. The summed E-state index contributed by atoms with van der Waals surface area (Å²) in [5.74, 6) is -0.626. The fraction of sp³-hybridized carbons (Fsp3) is 0.158. The Hall–Kier alpha value is -3.15. The summed E-state index contributed by atoms with van der Waals surface area (Å²) in [6.45, 7) is 1.55. The van der Waals surface area contributed by atoms with Crippen molar-refractivity contribution < 1.29 is 28.2 Å². The molecule has 3 rings (SSSR count). The number of fused-ring (bicyclic) bond motifs is 1. The van der Waals surface area contributed by atoms with Gasteiger partial charge >= 0.3 is 5.97 Å². The zero-order chi connectivity index (χ0) is 18.0. The summed E-state index contributed by atoms with van der Waals surface area (Å²) in [7, 11) is 1.27. The van der Waals surface area contributed by atoms with Crippen molar-refractivity contribution >= 4 is 17.8 Å². The second-order valence-electron chi connectivity index (χ2n) is 5.40. The molecule has 6 heteroatoms. The molecule has 25 heavy (non-hydrogen) atoms. The predicted molar refractivity (Wildman–Crippen MR) is 87.9 cm³/mol. The van der Waals surface area contributed by atoms with Crippen LogP contribution in [0.3, 0.4) is 0 Å². The lowest BCUT2D eigenvalue weighted by molar-refractivity contribution is -0.147. The molecule has 0 aliphatic carbocycles. The molecule has 2 aromatic carbocycles. The first-order valence-corrected chi connectivity index (χ1v) is 7.57. The lowest BCUT2D eigenvalue weighted by Gasteiger charge is -2.12. The number of esters is 1. The van der Waals surface area contributed by atoms with Crippen molar-refractivity contribution in [2.45, 2.75) is 13.0 Å². The highest BCUT2D eigenvalue weighted by Gasteiger charge is 2.28. The minimum atomic E-state index is -0.798. The van der Waals surface area contributed by atoms with Crippen molar-refractivity contribution in [3.63, 3.8) is 0 Å². The molecule has 0 unspecified atom stereocenters. The van der Waals surface area contributed by atoms with Crippen LogP contribution < -0.4 is 9.47 Å². The van der Waals surface area contributed by atoms with E-state index in [-0.39, 0.29) is 17.1 Å². The van der Waals surface area contributed by atoms with Crippen LogP contribution in [0.5, 0.6) is 11.5 Å². The van der Waals surface area contributed by atoms with Crippen LogP contribution in [-0.2, 0) is 9.53 Å². The number of methoxy groups -OCH3 is 1. The third-order valence-electron chi connectivity index (χ3n) is 3.68. The summed E-state index contributed by atoms with van der Waals surface area (Å²) < 4.78 is 29.3. The first-order valence-electron chi connectivity index (χ1n) is 7.57. The Kier molecular flexibility index (Phi) is 4.52. The van der Waals surface area contributed by atoms with Crippen molar-refractivity contribution in [3.05, 3.63) is 65.2 Å². The van der Waals surface area contributed by atoms with Crippen LogP contribution in [0.25, 0.3) is 6.08 Å². The SMILES string of the molecule is COC(=O)[C@H](C)Oc1ccc2c(c1)O/C(=C\c1ccccc1F)C2=O. The van der Waals surface area contributed by atoms with Gasteiger partial charge in [-0.25, -0.2) is 9.18 Å². The molecule has 0 spiro atoms. The van der Waals surface area contributed by atoms with Gasteiger partial charge in [0.1, 0.15) is 17.3 Å². The van der Waals surface area contributed by atoms with E-state index in [1.54, 1.807) is 37.3 Å². The Bertz CT molecular complexity index is 872. The summed E-state index contributed by atoms with van der Waals surface area (Å²) in [5.41, 5.74) is 0.607. The van der Waals surface area contributed by atoms with Crippen molar-refractivity contribution in [1.29, 1.82) is 0 Å². The number of allylic oxidation sites excluding steroid dienone is 1. The zero-order valence-corrected chi connectivity index (χ0v) is 13.6. The largest absolute Gasteiger partial charge is 0.479 e. The van der Waals surface area contributed by atoms with Gasteiger partial charge in [-0.05, 0) is 31.2 Å². The van der Waals surface area contributed by atoms with Gasteiger partial charge in [-0.3, -0.25) is 4.79 Å². The van der Waals surface area contributed by atoms with Gasteiger partial charge in [-0.15, -0.1) is 0 Å². The standard InChI is InChI=1S/C19H15FO5/c1-11(19(22)23-2)24-13-7-8-14-16(10-13)25-17(18(14)21)9-12-5-3-4-6-15(12)20/h3-11H,1-2H3/b17-9-/t11-/m0/s1. The van der Waals surface area contributed by atoms with E-state index < -0.39 is 17.9 Å². The van der Waals surface area contributed by atoms with Crippen molar-refractivity contribution in [3.8, 4) is 11.5 Å². The fourth-order valence-electron chi connectivity index (χ4n) is 2.39. The van der Waals surface area contributed by atoms with Crippen LogP contribution in [-0.4, -0.2) is 25.0 Å². The van der Waals surface area contributed by atoms with E-state index in [1.165, 1.54) is 25.3 Å². The van der Waals surface area contributed by atoms with Crippen LogP contribution in [0.15, 0.2) is 48.2 Å². The fourth-order valence-corrected chi connectivity index (χ4v) is 2.39. The predicted octanol–water partition coefficient (Wildman–Crippen LogP) is 3.38. The summed E-state index contributed by atoms with van der Waals surface area (Å²) in [4.78, 5) is 23.8. The average molecular weight is 342 g/mol. The molecule has 5 nitrogen and oxygen atoms in total. The van der Waals surface area contributed by atoms with Crippen molar-refractivity contribution in [2.75, 3.05) is 7.11 Å². The Morgan fingerprint density at radius 3 is 2.72 bits per heavy atom. The summed E-state index contributed by atoms with van der Waals surface area (Å²) in [6, 6.07) is 10.7. The Labute approximate surface area is 143 Å². The van der Waals surface area contributed by atoms with Gasteiger partial charge in [0.25, 0.3) is 0 Å². The molecule has 1 atom stereocenters. The minimum absolute atomic E-state index is 0.0262. The number of rotatable bonds is 4. The highest BCUT2D eigenvalue weighted by molar-refractivity contribution is 6.14. The molecular formula is C19H15FO5. The molecule has 2 aromatic rings. The van der Waals surface area contributed by atoms with Gasteiger partial charge < -0.3 is 14.2 Å². The van der Waals surface area contributed by atoms with E-state index in [0.717, 1.165) is 0 Å². The van der Waals surface area contributed by atoms with Crippen LogP contribution in [0.4, 0.5) is 4.39 Å². The molecule has 0 bridgehead atoms. The number of hydrogen-bond donors (Lipinski definition) is 0. The molecule has 0 saturated carbocycles. The smallest absolute Gasteiger partial charge is 0.346 e. The second-order valence-corrected chi connectivity index (χ2v) is 5.40. The number of halogens is 1. The Morgan fingerprint density at radius 1 is 1.24 bits per heavy atom. The number of carbonyl (C=O) groups excluding carboxylic acids is 2.